The van der Waals surface area contributed by atoms with Gasteiger partial charge in [-0.3, -0.25) is 0 Å². The number of carbonyl (C=O) groups is 3. The summed E-state index contributed by atoms with van der Waals surface area (Å²) in [6.07, 6.45) is 0.915. The molecular formula is C9H12O6. The normalized spacial score (nSPS) is 8.87. The molecule has 0 aliphatic carbocycles. The molecule has 0 heterocycles. The van der Waals surface area contributed by atoms with Gasteiger partial charge in [0.05, 0.1) is 6.61 Å². The fourth-order valence-electron chi connectivity index (χ4n) is 0.573. The third-order valence-corrected chi connectivity index (χ3v) is 1.16. The van der Waals surface area contributed by atoms with E-state index in [-0.39, 0.29) is 6.61 Å². The van der Waals surface area contributed by atoms with E-state index in [4.69, 9.17) is 0 Å². The number of esters is 3. The van der Waals surface area contributed by atoms with Gasteiger partial charge in [-0.25, -0.2) is 14.4 Å². The van der Waals surface area contributed by atoms with Crippen molar-refractivity contribution in [2.75, 3.05) is 19.8 Å². The predicted octanol–water partition coefficient (Wildman–Crippen LogP) is -0.178. The Bertz CT molecular complexity index is 257. The van der Waals surface area contributed by atoms with Crippen molar-refractivity contribution in [3.05, 3.63) is 12.7 Å². The van der Waals surface area contributed by atoms with Crippen molar-refractivity contribution < 1.29 is 28.6 Å². The summed E-state index contributed by atoms with van der Waals surface area (Å²) in [6.45, 7) is 3.94. The smallest absolute Gasteiger partial charge is 0.344 e. The molecule has 0 bridgehead atoms. The first-order valence-corrected chi connectivity index (χ1v) is 4.20. The van der Waals surface area contributed by atoms with Gasteiger partial charge in [-0.2, -0.15) is 0 Å². The van der Waals surface area contributed by atoms with Crippen LogP contribution in [0.25, 0.3) is 0 Å². The van der Waals surface area contributed by atoms with Gasteiger partial charge in [0.25, 0.3) is 0 Å². The van der Waals surface area contributed by atoms with Gasteiger partial charge in [-0.15, -0.1) is 0 Å². The number of hydrogen-bond acceptors (Lipinski definition) is 6. The highest BCUT2D eigenvalue weighted by Crippen LogP contribution is 1.86. The minimum Gasteiger partial charge on any atom is -0.463 e. The summed E-state index contributed by atoms with van der Waals surface area (Å²) in [6, 6.07) is 0. The predicted molar refractivity (Wildman–Crippen MR) is 48.7 cm³/mol. The molecule has 0 aromatic rings. The molecule has 0 aromatic heterocycles. The maximum Gasteiger partial charge on any atom is 0.344 e. The fourth-order valence-corrected chi connectivity index (χ4v) is 0.573. The van der Waals surface area contributed by atoms with Gasteiger partial charge >= 0.3 is 17.9 Å². The lowest BCUT2D eigenvalue weighted by Crippen LogP contribution is -2.20. The van der Waals surface area contributed by atoms with Crippen LogP contribution in [0.15, 0.2) is 12.7 Å². The van der Waals surface area contributed by atoms with Gasteiger partial charge in [0, 0.05) is 6.08 Å². The van der Waals surface area contributed by atoms with E-state index in [1.54, 1.807) is 6.92 Å². The van der Waals surface area contributed by atoms with Gasteiger partial charge in [-0.1, -0.05) is 6.58 Å². The van der Waals surface area contributed by atoms with Crippen molar-refractivity contribution in [2.45, 2.75) is 6.92 Å². The van der Waals surface area contributed by atoms with Crippen molar-refractivity contribution >= 4 is 17.9 Å². The Morgan fingerprint density at radius 3 is 2.13 bits per heavy atom. The summed E-state index contributed by atoms with van der Waals surface area (Å²) in [5.74, 6) is -2.21. The molecule has 6 heteroatoms. The Kier molecular flexibility index (Phi) is 6.61. The second-order valence-corrected chi connectivity index (χ2v) is 2.28. The standard InChI is InChI=1S/C9H12O6/c1-3-7(10)14-6-9(12)15-5-8(11)13-4-2/h3H,1,4-6H2,2H3. The van der Waals surface area contributed by atoms with E-state index < -0.39 is 31.1 Å². The molecule has 0 aliphatic heterocycles. The molecule has 0 rings (SSSR count). The minimum atomic E-state index is -0.821. The molecule has 15 heavy (non-hydrogen) atoms. The summed E-state index contributed by atoms with van der Waals surface area (Å²) in [4.78, 5) is 32.1. The molecule has 0 unspecified atom stereocenters. The minimum absolute atomic E-state index is 0.210. The molecule has 0 spiro atoms. The first-order chi connectivity index (χ1) is 7.10. The molecule has 0 N–H and O–H groups in total. The van der Waals surface area contributed by atoms with E-state index in [0.29, 0.717) is 0 Å². The molecule has 6 nitrogen and oxygen atoms in total. The largest absolute Gasteiger partial charge is 0.463 e. The van der Waals surface area contributed by atoms with Crippen molar-refractivity contribution in [2.24, 2.45) is 0 Å². The zero-order valence-electron chi connectivity index (χ0n) is 8.36. The van der Waals surface area contributed by atoms with Gasteiger partial charge in [0.1, 0.15) is 0 Å². The van der Waals surface area contributed by atoms with Crippen LogP contribution >= 0.6 is 0 Å². The van der Waals surface area contributed by atoms with Crippen LogP contribution in [0.2, 0.25) is 0 Å². The van der Waals surface area contributed by atoms with Crippen LogP contribution in [0, 0.1) is 0 Å². The lowest BCUT2D eigenvalue weighted by molar-refractivity contribution is -0.163. The van der Waals surface area contributed by atoms with Crippen LogP contribution in [0.5, 0.6) is 0 Å². The first kappa shape index (κ1) is 13.2. The molecule has 0 amide bonds. The number of carbonyl (C=O) groups excluding carboxylic acids is 3. The van der Waals surface area contributed by atoms with E-state index in [1.165, 1.54) is 0 Å². The lowest BCUT2D eigenvalue weighted by Gasteiger charge is -2.04. The molecule has 0 saturated heterocycles. The molecule has 0 saturated carbocycles. The van der Waals surface area contributed by atoms with E-state index in [2.05, 4.69) is 20.8 Å². The topological polar surface area (TPSA) is 78.9 Å². The van der Waals surface area contributed by atoms with Crippen molar-refractivity contribution in [1.82, 2.24) is 0 Å². The van der Waals surface area contributed by atoms with E-state index in [1.807, 2.05) is 0 Å². The first-order valence-electron chi connectivity index (χ1n) is 4.20. The zero-order chi connectivity index (χ0) is 11.7. The SMILES string of the molecule is C=CC(=O)OCC(=O)OCC(=O)OCC. The third-order valence-electron chi connectivity index (χ3n) is 1.16. The van der Waals surface area contributed by atoms with Crippen LogP contribution in [0.1, 0.15) is 6.92 Å². The Labute approximate surface area is 86.8 Å². The number of ether oxygens (including phenoxy) is 3. The summed E-state index contributed by atoms with van der Waals surface area (Å²) < 4.78 is 13.3. The van der Waals surface area contributed by atoms with Crippen molar-refractivity contribution in [1.29, 1.82) is 0 Å². The molecule has 0 aromatic carbocycles. The van der Waals surface area contributed by atoms with Crippen LogP contribution in [-0.4, -0.2) is 37.7 Å². The summed E-state index contributed by atoms with van der Waals surface area (Å²) in [7, 11) is 0. The van der Waals surface area contributed by atoms with E-state index >= 15 is 0 Å². The highest BCUT2D eigenvalue weighted by molar-refractivity contribution is 5.84. The van der Waals surface area contributed by atoms with Crippen LogP contribution in [0.4, 0.5) is 0 Å². The Hall–Kier alpha value is -1.85. The number of rotatable bonds is 6. The van der Waals surface area contributed by atoms with E-state index in [9.17, 15) is 14.4 Å². The van der Waals surface area contributed by atoms with Crippen LogP contribution < -0.4 is 0 Å². The van der Waals surface area contributed by atoms with Crippen LogP contribution in [-0.2, 0) is 28.6 Å². The monoisotopic (exact) mass is 216 g/mol. The molecular weight excluding hydrogens is 204 g/mol. The van der Waals surface area contributed by atoms with Crippen molar-refractivity contribution in [3.8, 4) is 0 Å². The maximum absolute atomic E-state index is 10.8. The second kappa shape index (κ2) is 7.54. The Morgan fingerprint density at radius 2 is 1.60 bits per heavy atom. The third kappa shape index (κ3) is 7.24. The lowest BCUT2D eigenvalue weighted by atomic mass is 10.6. The van der Waals surface area contributed by atoms with Crippen molar-refractivity contribution in [3.63, 3.8) is 0 Å². The van der Waals surface area contributed by atoms with Gasteiger partial charge in [-0.05, 0) is 6.92 Å². The molecule has 0 atom stereocenters. The summed E-state index contributed by atoms with van der Waals surface area (Å²) in [5, 5.41) is 0. The maximum atomic E-state index is 10.8. The van der Waals surface area contributed by atoms with Crippen LogP contribution in [0.3, 0.4) is 0 Å². The summed E-state index contributed by atoms with van der Waals surface area (Å²) in [5.41, 5.74) is 0. The summed E-state index contributed by atoms with van der Waals surface area (Å²) >= 11 is 0. The van der Waals surface area contributed by atoms with Gasteiger partial charge in [0.2, 0.25) is 0 Å². The molecule has 0 fully saturated rings. The fraction of sp³-hybridized carbons (Fsp3) is 0.444. The Balaban J connectivity index is 3.61. The second-order valence-electron chi connectivity index (χ2n) is 2.28. The Morgan fingerprint density at radius 1 is 1.07 bits per heavy atom. The van der Waals surface area contributed by atoms with E-state index in [0.717, 1.165) is 6.08 Å². The highest BCUT2D eigenvalue weighted by atomic mass is 16.6. The quantitative estimate of drug-likeness (QED) is 0.348. The highest BCUT2D eigenvalue weighted by Gasteiger charge is 2.09. The van der Waals surface area contributed by atoms with Gasteiger partial charge < -0.3 is 14.2 Å². The number of hydrogen-bond donors (Lipinski definition) is 0. The average Bonchev–Trinajstić information content (AvgIpc) is 2.23. The molecule has 0 aliphatic rings. The van der Waals surface area contributed by atoms with Gasteiger partial charge in [0.15, 0.2) is 13.2 Å². The zero-order valence-corrected chi connectivity index (χ0v) is 8.36. The average molecular weight is 216 g/mol. The molecule has 0 radical (unpaired) electrons. The molecule has 84 valence electrons.